The van der Waals surface area contributed by atoms with Crippen LogP contribution in [0.25, 0.3) is 0 Å². The lowest BCUT2D eigenvalue weighted by atomic mass is 10.1. The van der Waals surface area contributed by atoms with Gasteiger partial charge in [0.1, 0.15) is 0 Å². The van der Waals surface area contributed by atoms with Gasteiger partial charge in [-0.3, -0.25) is 0 Å². The minimum Gasteiger partial charge on any atom is -0.385 e. The predicted molar refractivity (Wildman–Crippen MR) is 69.7 cm³/mol. The molecule has 0 amide bonds. The highest BCUT2D eigenvalue weighted by Gasteiger charge is 2.12. The van der Waals surface area contributed by atoms with Crippen LogP contribution in [0.5, 0.6) is 0 Å². The van der Waals surface area contributed by atoms with Crippen LogP contribution in [0.15, 0.2) is 9.85 Å². The van der Waals surface area contributed by atoms with Gasteiger partial charge in [-0.15, -0.1) is 11.3 Å². The number of halogens is 1. The minimum absolute atomic E-state index is 0.454. The molecule has 1 N–H and O–H groups in total. The Labute approximate surface area is 104 Å². The van der Waals surface area contributed by atoms with E-state index in [0.29, 0.717) is 6.04 Å². The number of rotatable bonds is 6. The Hall–Kier alpha value is 0.1000. The summed E-state index contributed by atoms with van der Waals surface area (Å²) in [6.45, 7) is 2.97. The van der Waals surface area contributed by atoms with Crippen molar-refractivity contribution in [3.8, 4) is 0 Å². The summed E-state index contributed by atoms with van der Waals surface area (Å²) in [5, 5.41) is 3.35. The van der Waals surface area contributed by atoms with Crippen molar-refractivity contribution in [2.45, 2.75) is 25.8 Å². The third kappa shape index (κ3) is 3.87. The Morgan fingerprint density at radius 1 is 1.60 bits per heavy atom. The van der Waals surface area contributed by atoms with Gasteiger partial charge in [-0.05, 0) is 54.4 Å². The molecule has 1 rings (SSSR count). The Kier molecular flexibility index (Phi) is 5.82. The fourth-order valence-corrected chi connectivity index (χ4v) is 3.23. The lowest BCUT2D eigenvalue weighted by molar-refractivity contribution is 0.189. The highest BCUT2D eigenvalue weighted by molar-refractivity contribution is 9.11. The van der Waals surface area contributed by atoms with Crippen molar-refractivity contribution in [1.29, 1.82) is 0 Å². The van der Waals surface area contributed by atoms with E-state index >= 15 is 0 Å². The van der Waals surface area contributed by atoms with Crippen LogP contribution in [0.1, 0.15) is 29.3 Å². The number of ether oxygens (including phenoxy) is 1. The van der Waals surface area contributed by atoms with E-state index in [1.54, 1.807) is 7.11 Å². The van der Waals surface area contributed by atoms with Crippen molar-refractivity contribution in [2.75, 3.05) is 20.8 Å². The van der Waals surface area contributed by atoms with E-state index in [1.165, 1.54) is 14.2 Å². The highest BCUT2D eigenvalue weighted by atomic mass is 79.9. The van der Waals surface area contributed by atoms with Crippen molar-refractivity contribution >= 4 is 27.3 Å². The first kappa shape index (κ1) is 13.2. The maximum atomic E-state index is 5.07. The summed E-state index contributed by atoms with van der Waals surface area (Å²) >= 11 is 5.38. The van der Waals surface area contributed by atoms with E-state index in [9.17, 15) is 0 Å². The van der Waals surface area contributed by atoms with Crippen LogP contribution in [0.4, 0.5) is 0 Å². The molecule has 0 aromatic carbocycles. The number of thiophene rings is 1. The molecule has 1 aromatic rings. The lowest BCUT2D eigenvalue weighted by Gasteiger charge is -2.13. The molecule has 0 aliphatic carbocycles. The Bertz CT molecular complexity index is 281. The Morgan fingerprint density at radius 2 is 2.33 bits per heavy atom. The molecule has 0 bridgehead atoms. The van der Waals surface area contributed by atoms with Crippen LogP contribution in [0.3, 0.4) is 0 Å². The molecule has 0 saturated carbocycles. The van der Waals surface area contributed by atoms with Crippen molar-refractivity contribution in [2.24, 2.45) is 0 Å². The van der Waals surface area contributed by atoms with Crippen molar-refractivity contribution in [3.63, 3.8) is 0 Å². The monoisotopic (exact) mass is 291 g/mol. The van der Waals surface area contributed by atoms with Crippen LogP contribution in [-0.2, 0) is 4.74 Å². The topological polar surface area (TPSA) is 21.3 Å². The zero-order chi connectivity index (χ0) is 11.3. The van der Waals surface area contributed by atoms with E-state index in [2.05, 4.69) is 34.2 Å². The van der Waals surface area contributed by atoms with Gasteiger partial charge in [-0.2, -0.15) is 0 Å². The predicted octanol–water partition coefficient (Wildman–Crippen LogP) is 3.51. The number of hydrogen-bond acceptors (Lipinski definition) is 3. The van der Waals surface area contributed by atoms with Gasteiger partial charge < -0.3 is 10.1 Å². The molecule has 0 saturated heterocycles. The molecule has 86 valence electrons. The second-order valence-corrected chi connectivity index (χ2v) is 5.98. The summed E-state index contributed by atoms with van der Waals surface area (Å²) in [6.07, 6.45) is 2.22. The number of hydrogen-bond donors (Lipinski definition) is 1. The van der Waals surface area contributed by atoms with Gasteiger partial charge in [0.05, 0.1) is 3.79 Å². The summed E-state index contributed by atoms with van der Waals surface area (Å²) < 4.78 is 6.31. The van der Waals surface area contributed by atoms with Crippen LogP contribution in [0, 0.1) is 6.92 Å². The second kappa shape index (κ2) is 6.63. The van der Waals surface area contributed by atoms with Gasteiger partial charge in [0, 0.05) is 24.6 Å². The molecule has 1 aromatic heterocycles. The Morgan fingerprint density at radius 3 is 2.80 bits per heavy atom. The fraction of sp³-hybridized carbons (Fsp3) is 0.636. The minimum atomic E-state index is 0.454. The molecule has 0 radical (unpaired) electrons. The molecular weight excluding hydrogens is 274 g/mol. The number of methoxy groups -OCH3 is 1. The zero-order valence-electron chi connectivity index (χ0n) is 9.47. The molecule has 2 nitrogen and oxygen atoms in total. The van der Waals surface area contributed by atoms with Gasteiger partial charge in [-0.25, -0.2) is 0 Å². The summed E-state index contributed by atoms with van der Waals surface area (Å²) in [5.74, 6) is 0. The normalized spacial score (nSPS) is 13.1. The van der Waals surface area contributed by atoms with Gasteiger partial charge in [0.2, 0.25) is 0 Å². The molecule has 0 aliphatic heterocycles. The third-order valence-corrected chi connectivity index (χ3v) is 4.66. The molecule has 1 atom stereocenters. The van der Waals surface area contributed by atoms with Gasteiger partial charge in [0.15, 0.2) is 0 Å². The van der Waals surface area contributed by atoms with Gasteiger partial charge in [0.25, 0.3) is 0 Å². The standard InChI is InChI=1S/C11H18BrNOS/c1-8-7-10(15-11(8)12)9(13-2)5-4-6-14-3/h7,9,13H,4-6H2,1-3H3. The Balaban J connectivity index is 2.57. The quantitative estimate of drug-likeness (QED) is 0.810. The van der Waals surface area contributed by atoms with Crippen molar-refractivity contribution < 1.29 is 4.74 Å². The van der Waals surface area contributed by atoms with E-state index in [4.69, 9.17) is 4.74 Å². The smallest absolute Gasteiger partial charge is 0.0731 e. The fourth-order valence-electron chi connectivity index (χ4n) is 1.52. The average Bonchev–Trinajstić information content (AvgIpc) is 2.54. The first-order valence-corrected chi connectivity index (χ1v) is 6.72. The van der Waals surface area contributed by atoms with E-state index in [0.717, 1.165) is 19.4 Å². The maximum Gasteiger partial charge on any atom is 0.0731 e. The number of nitrogens with one attached hydrogen (secondary N) is 1. The van der Waals surface area contributed by atoms with Gasteiger partial charge >= 0.3 is 0 Å². The zero-order valence-corrected chi connectivity index (χ0v) is 11.9. The second-order valence-electron chi connectivity index (χ2n) is 3.58. The van der Waals surface area contributed by atoms with E-state index in [1.807, 2.05) is 18.4 Å². The maximum absolute atomic E-state index is 5.07. The van der Waals surface area contributed by atoms with E-state index < -0.39 is 0 Å². The summed E-state index contributed by atoms with van der Waals surface area (Å²) in [7, 11) is 3.76. The first-order chi connectivity index (χ1) is 7.19. The molecule has 1 unspecified atom stereocenters. The van der Waals surface area contributed by atoms with Crippen LogP contribution in [-0.4, -0.2) is 20.8 Å². The van der Waals surface area contributed by atoms with Crippen LogP contribution in [0.2, 0.25) is 0 Å². The molecule has 1 heterocycles. The molecule has 0 aliphatic rings. The number of aryl methyl sites for hydroxylation is 1. The molecule has 4 heteroatoms. The lowest BCUT2D eigenvalue weighted by Crippen LogP contribution is -2.15. The largest absolute Gasteiger partial charge is 0.385 e. The summed E-state index contributed by atoms with van der Waals surface area (Å²) in [4.78, 5) is 1.40. The average molecular weight is 292 g/mol. The molecule has 0 fully saturated rings. The van der Waals surface area contributed by atoms with E-state index in [-0.39, 0.29) is 0 Å². The molecule has 0 spiro atoms. The SMILES string of the molecule is CNC(CCCOC)c1cc(C)c(Br)s1. The molecule has 15 heavy (non-hydrogen) atoms. The summed E-state index contributed by atoms with van der Waals surface area (Å²) in [5.41, 5.74) is 1.32. The summed E-state index contributed by atoms with van der Waals surface area (Å²) in [6, 6.07) is 2.71. The van der Waals surface area contributed by atoms with Gasteiger partial charge in [-0.1, -0.05) is 0 Å². The molecular formula is C11H18BrNOS. The van der Waals surface area contributed by atoms with Crippen molar-refractivity contribution in [3.05, 3.63) is 20.3 Å². The van der Waals surface area contributed by atoms with Crippen LogP contribution < -0.4 is 5.32 Å². The van der Waals surface area contributed by atoms with Crippen LogP contribution >= 0.6 is 27.3 Å². The van der Waals surface area contributed by atoms with Crippen molar-refractivity contribution in [1.82, 2.24) is 5.32 Å². The highest BCUT2D eigenvalue weighted by Crippen LogP contribution is 2.32. The third-order valence-electron chi connectivity index (χ3n) is 2.41. The first-order valence-electron chi connectivity index (χ1n) is 5.11.